The average molecular weight is 258 g/mol. The number of hydrogen-bond donors (Lipinski definition) is 1. The first kappa shape index (κ1) is 14.9. The lowest BCUT2D eigenvalue weighted by Crippen LogP contribution is -2.46. The second-order valence-electron chi connectivity index (χ2n) is 4.63. The van der Waals surface area contributed by atoms with E-state index in [1.807, 2.05) is 4.90 Å². The Morgan fingerprint density at radius 3 is 1.89 bits per heavy atom. The maximum absolute atomic E-state index is 11.4. The first-order valence-electron chi connectivity index (χ1n) is 6.20. The second kappa shape index (κ2) is 7.33. The molecule has 2 N–H and O–H groups in total. The Labute approximate surface area is 107 Å². The van der Waals surface area contributed by atoms with Crippen LogP contribution >= 0.6 is 0 Å². The molecule has 0 spiro atoms. The van der Waals surface area contributed by atoms with Gasteiger partial charge in [-0.3, -0.25) is 14.5 Å². The van der Waals surface area contributed by atoms with Gasteiger partial charge in [0.2, 0.25) is 0 Å². The molecule has 0 unspecified atom stereocenters. The predicted octanol–water partition coefficient (Wildman–Crippen LogP) is -0.0957. The molecule has 0 aliphatic heterocycles. The largest absolute Gasteiger partial charge is 0.468 e. The minimum absolute atomic E-state index is 0.117. The number of carbonyl (C=O) groups excluding carboxylic acids is 2. The lowest BCUT2D eigenvalue weighted by atomic mass is 9.90. The average Bonchev–Trinajstić information content (AvgIpc) is 2.38. The molecule has 1 rings (SSSR count). The van der Waals surface area contributed by atoms with Crippen molar-refractivity contribution in [2.75, 3.05) is 27.3 Å². The van der Waals surface area contributed by atoms with Crippen LogP contribution in [0.4, 0.5) is 0 Å². The highest BCUT2D eigenvalue weighted by Crippen LogP contribution is 2.22. The van der Waals surface area contributed by atoms with Crippen molar-refractivity contribution in [1.82, 2.24) is 4.90 Å². The van der Waals surface area contributed by atoms with E-state index in [1.54, 1.807) is 0 Å². The van der Waals surface area contributed by atoms with Gasteiger partial charge in [-0.05, 0) is 25.7 Å². The summed E-state index contributed by atoms with van der Waals surface area (Å²) in [5, 5.41) is 0. The van der Waals surface area contributed by atoms with Crippen LogP contribution in [-0.4, -0.2) is 56.2 Å². The van der Waals surface area contributed by atoms with E-state index in [-0.39, 0.29) is 37.1 Å². The zero-order valence-corrected chi connectivity index (χ0v) is 11.1. The highest BCUT2D eigenvalue weighted by atomic mass is 16.5. The van der Waals surface area contributed by atoms with Crippen molar-refractivity contribution in [2.24, 2.45) is 5.73 Å². The highest BCUT2D eigenvalue weighted by molar-refractivity contribution is 5.74. The Bertz CT molecular complexity index is 270. The fraction of sp³-hybridized carbons (Fsp3) is 0.833. The molecule has 0 amide bonds. The van der Waals surface area contributed by atoms with Crippen molar-refractivity contribution in [3.05, 3.63) is 0 Å². The number of nitrogens with two attached hydrogens (primary N) is 1. The van der Waals surface area contributed by atoms with E-state index in [4.69, 9.17) is 5.73 Å². The Kier molecular flexibility index (Phi) is 6.07. The summed E-state index contributed by atoms with van der Waals surface area (Å²) in [5.74, 6) is -0.678. The van der Waals surface area contributed by atoms with Crippen molar-refractivity contribution in [3.8, 4) is 0 Å². The van der Waals surface area contributed by atoms with E-state index in [9.17, 15) is 9.59 Å². The fourth-order valence-corrected chi connectivity index (χ4v) is 2.24. The molecule has 0 saturated heterocycles. The number of ether oxygens (including phenoxy) is 2. The van der Waals surface area contributed by atoms with Gasteiger partial charge in [0, 0.05) is 12.1 Å². The molecule has 1 saturated carbocycles. The molecule has 6 nitrogen and oxygen atoms in total. The van der Waals surface area contributed by atoms with E-state index in [0.29, 0.717) is 0 Å². The van der Waals surface area contributed by atoms with Crippen LogP contribution in [0.1, 0.15) is 25.7 Å². The van der Waals surface area contributed by atoms with Gasteiger partial charge in [0.25, 0.3) is 0 Å². The lowest BCUT2D eigenvalue weighted by Gasteiger charge is -2.34. The zero-order chi connectivity index (χ0) is 13.5. The van der Waals surface area contributed by atoms with Gasteiger partial charge < -0.3 is 15.2 Å². The second-order valence-corrected chi connectivity index (χ2v) is 4.63. The molecule has 1 aliphatic carbocycles. The minimum Gasteiger partial charge on any atom is -0.468 e. The zero-order valence-electron chi connectivity index (χ0n) is 11.1. The van der Waals surface area contributed by atoms with Gasteiger partial charge >= 0.3 is 11.9 Å². The van der Waals surface area contributed by atoms with Gasteiger partial charge in [-0.25, -0.2) is 0 Å². The first-order valence-corrected chi connectivity index (χ1v) is 6.20. The maximum Gasteiger partial charge on any atom is 0.319 e. The van der Waals surface area contributed by atoms with Crippen LogP contribution in [0.2, 0.25) is 0 Å². The molecule has 18 heavy (non-hydrogen) atoms. The van der Waals surface area contributed by atoms with Gasteiger partial charge in [-0.2, -0.15) is 0 Å². The molecule has 0 bridgehead atoms. The van der Waals surface area contributed by atoms with E-state index in [0.717, 1.165) is 25.7 Å². The Hall–Kier alpha value is -1.14. The van der Waals surface area contributed by atoms with Crippen molar-refractivity contribution < 1.29 is 19.1 Å². The van der Waals surface area contributed by atoms with Crippen LogP contribution in [0.15, 0.2) is 0 Å². The van der Waals surface area contributed by atoms with Crippen molar-refractivity contribution in [1.29, 1.82) is 0 Å². The Morgan fingerprint density at radius 2 is 1.50 bits per heavy atom. The van der Waals surface area contributed by atoms with Crippen LogP contribution in [-0.2, 0) is 19.1 Å². The van der Waals surface area contributed by atoms with Crippen molar-refractivity contribution in [2.45, 2.75) is 37.8 Å². The summed E-state index contributed by atoms with van der Waals surface area (Å²) in [6.45, 7) is 0.233. The summed E-state index contributed by atoms with van der Waals surface area (Å²) in [6, 6.07) is 0.433. The number of esters is 2. The fourth-order valence-electron chi connectivity index (χ4n) is 2.24. The Balaban J connectivity index is 2.58. The summed E-state index contributed by atoms with van der Waals surface area (Å²) < 4.78 is 9.30. The molecule has 104 valence electrons. The maximum atomic E-state index is 11.4. The van der Waals surface area contributed by atoms with Crippen molar-refractivity contribution in [3.63, 3.8) is 0 Å². The third-order valence-corrected chi connectivity index (χ3v) is 3.38. The standard InChI is InChI=1S/C12H22N2O4/c1-17-11(15)7-14(8-12(16)18-2)10-5-3-9(13)4-6-10/h9-10H,3-8,13H2,1-2H3/t9-,10-. The first-order chi connectivity index (χ1) is 8.56. The van der Waals surface area contributed by atoms with Gasteiger partial charge in [-0.15, -0.1) is 0 Å². The van der Waals surface area contributed by atoms with Gasteiger partial charge in [0.1, 0.15) is 0 Å². The number of hydrogen-bond acceptors (Lipinski definition) is 6. The van der Waals surface area contributed by atoms with Gasteiger partial charge in [0.15, 0.2) is 0 Å². The normalized spacial score (nSPS) is 23.8. The summed E-state index contributed by atoms with van der Waals surface area (Å²) in [4.78, 5) is 24.5. The molecular weight excluding hydrogens is 236 g/mol. The number of nitrogens with zero attached hydrogens (tertiary/aromatic N) is 1. The molecule has 1 aliphatic rings. The Morgan fingerprint density at radius 1 is 1.06 bits per heavy atom. The molecular formula is C12H22N2O4. The third kappa shape index (κ3) is 4.62. The van der Waals surface area contributed by atoms with E-state index in [1.165, 1.54) is 14.2 Å². The van der Waals surface area contributed by atoms with Crippen molar-refractivity contribution >= 4 is 11.9 Å². The predicted molar refractivity (Wildman–Crippen MR) is 65.8 cm³/mol. The van der Waals surface area contributed by atoms with Crippen LogP contribution in [0.5, 0.6) is 0 Å². The van der Waals surface area contributed by atoms with Gasteiger partial charge in [-0.1, -0.05) is 0 Å². The summed E-state index contributed by atoms with van der Waals surface area (Å²) >= 11 is 0. The molecule has 1 fully saturated rings. The van der Waals surface area contributed by atoms with Crippen LogP contribution in [0.3, 0.4) is 0 Å². The number of methoxy groups -OCH3 is 2. The van der Waals surface area contributed by atoms with Crippen LogP contribution < -0.4 is 5.73 Å². The number of carbonyl (C=O) groups is 2. The summed E-state index contributed by atoms with van der Waals surface area (Å²) in [6.07, 6.45) is 3.64. The summed E-state index contributed by atoms with van der Waals surface area (Å²) in [7, 11) is 2.69. The smallest absolute Gasteiger partial charge is 0.319 e. The molecule has 6 heteroatoms. The monoisotopic (exact) mass is 258 g/mol. The third-order valence-electron chi connectivity index (χ3n) is 3.38. The number of rotatable bonds is 5. The molecule has 0 radical (unpaired) electrons. The summed E-state index contributed by atoms with van der Waals surface area (Å²) in [5.41, 5.74) is 5.85. The lowest BCUT2D eigenvalue weighted by molar-refractivity contribution is -0.147. The van der Waals surface area contributed by atoms with E-state index in [2.05, 4.69) is 9.47 Å². The molecule has 0 aromatic heterocycles. The molecule has 0 aromatic rings. The quantitative estimate of drug-likeness (QED) is 0.694. The topological polar surface area (TPSA) is 81.9 Å². The van der Waals surface area contributed by atoms with Crippen LogP contribution in [0.25, 0.3) is 0 Å². The molecule has 0 atom stereocenters. The van der Waals surface area contributed by atoms with E-state index < -0.39 is 0 Å². The SMILES string of the molecule is COC(=O)CN(CC(=O)OC)[C@H]1CC[C@H](N)CC1. The van der Waals surface area contributed by atoms with Gasteiger partial charge in [0.05, 0.1) is 27.3 Å². The minimum atomic E-state index is -0.339. The highest BCUT2D eigenvalue weighted by Gasteiger charge is 2.27. The van der Waals surface area contributed by atoms with Crippen LogP contribution in [0, 0.1) is 0 Å². The van der Waals surface area contributed by atoms with E-state index >= 15 is 0 Å². The molecule has 0 aromatic carbocycles. The molecule has 0 heterocycles.